The van der Waals surface area contributed by atoms with Gasteiger partial charge in [-0.15, -0.1) is 0 Å². The van der Waals surface area contributed by atoms with Crippen molar-refractivity contribution >= 4 is 21.7 Å². The summed E-state index contributed by atoms with van der Waals surface area (Å²) in [6, 6.07) is 4.81. The molecule has 0 fully saturated rings. The van der Waals surface area contributed by atoms with Gasteiger partial charge in [0.25, 0.3) is 10.1 Å². The Bertz CT molecular complexity index is 497. The Hall–Kier alpha value is -0.580. The molecule has 0 bridgehead atoms. The SMILES string of the molecule is CCC(C)CCOS(=O)(=O)c1ccc(C)cc1Cl. The van der Waals surface area contributed by atoms with Crippen molar-refractivity contribution in [2.75, 3.05) is 6.61 Å². The molecule has 1 aromatic carbocycles. The Morgan fingerprint density at radius 3 is 2.61 bits per heavy atom. The van der Waals surface area contributed by atoms with E-state index in [1.807, 2.05) is 6.92 Å². The fourth-order valence-electron chi connectivity index (χ4n) is 1.44. The summed E-state index contributed by atoms with van der Waals surface area (Å²) < 4.78 is 28.9. The molecular weight excluding hydrogens is 272 g/mol. The van der Waals surface area contributed by atoms with Crippen molar-refractivity contribution in [3.8, 4) is 0 Å². The zero-order valence-electron chi connectivity index (χ0n) is 10.9. The van der Waals surface area contributed by atoms with E-state index in [0.29, 0.717) is 5.92 Å². The van der Waals surface area contributed by atoms with Crippen molar-refractivity contribution in [2.24, 2.45) is 5.92 Å². The molecule has 1 aromatic rings. The lowest BCUT2D eigenvalue weighted by molar-refractivity contribution is 0.285. The molecule has 0 saturated carbocycles. The molecule has 1 unspecified atom stereocenters. The summed E-state index contributed by atoms with van der Waals surface area (Å²) in [6.07, 6.45) is 1.73. The van der Waals surface area contributed by atoms with Crippen LogP contribution in [0.5, 0.6) is 0 Å². The average molecular weight is 291 g/mol. The maximum absolute atomic E-state index is 11.9. The van der Waals surface area contributed by atoms with Gasteiger partial charge in [0.05, 0.1) is 11.6 Å². The smallest absolute Gasteiger partial charge is 0.266 e. The van der Waals surface area contributed by atoms with E-state index in [9.17, 15) is 8.42 Å². The van der Waals surface area contributed by atoms with Crippen LogP contribution in [0.15, 0.2) is 23.1 Å². The van der Waals surface area contributed by atoms with Gasteiger partial charge in [-0.25, -0.2) is 0 Å². The fourth-order valence-corrected chi connectivity index (χ4v) is 2.93. The third-order valence-electron chi connectivity index (χ3n) is 2.90. The van der Waals surface area contributed by atoms with Crippen LogP contribution in [0.2, 0.25) is 5.02 Å². The summed E-state index contributed by atoms with van der Waals surface area (Å²) in [5.41, 5.74) is 0.915. The van der Waals surface area contributed by atoms with E-state index in [1.54, 1.807) is 12.1 Å². The molecule has 0 aromatic heterocycles. The van der Waals surface area contributed by atoms with E-state index in [1.165, 1.54) is 6.07 Å². The molecule has 0 radical (unpaired) electrons. The summed E-state index contributed by atoms with van der Waals surface area (Å²) in [5, 5.41) is 0.207. The predicted octanol–water partition coefficient (Wildman–Crippen LogP) is 3.79. The lowest BCUT2D eigenvalue weighted by Crippen LogP contribution is -2.10. The third-order valence-corrected chi connectivity index (χ3v) is 4.70. The molecule has 0 N–H and O–H groups in total. The Labute approximate surface area is 114 Å². The highest BCUT2D eigenvalue weighted by Gasteiger charge is 2.19. The third kappa shape index (κ3) is 4.26. The molecule has 0 heterocycles. The minimum absolute atomic E-state index is 0.0407. The lowest BCUT2D eigenvalue weighted by atomic mass is 10.1. The van der Waals surface area contributed by atoms with Gasteiger partial charge in [-0.3, -0.25) is 4.18 Å². The van der Waals surface area contributed by atoms with Gasteiger partial charge in [0.1, 0.15) is 4.90 Å². The van der Waals surface area contributed by atoms with Gasteiger partial charge in [0, 0.05) is 0 Å². The number of hydrogen-bond acceptors (Lipinski definition) is 3. The number of hydrogen-bond donors (Lipinski definition) is 0. The molecule has 0 amide bonds. The molecule has 1 atom stereocenters. The Kier molecular flexibility index (Phi) is 5.63. The molecule has 0 aliphatic heterocycles. The van der Waals surface area contributed by atoms with Gasteiger partial charge in [-0.1, -0.05) is 37.9 Å². The van der Waals surface area contributed by atoms with Crippen LogP contribution in [0, 0.1) is 12.8 Å². The van der Waals surface area contributed by atoms with E-state index < -0.39 is 10.1 Å². The minimum atomic E-state index is -3.74. The number of aryl methyl sites for hydroxylation is 1. The molecule has 0 aliphatic rings. The van der Waals surface area contributed by atoms with E-state index in [4.69, 9.17) is 15.8 Å². The van der Waals surface area contributed by atoms with Gasteiger partial charge in [-0.05, 0) is 37.0 Å². The van der Waals surface area contributed by atoms with E-state index >= 15 is 0 Å². The van der Waals surface area contributed by atoms with E-state index in [2.05, 4.69) is 13.8 Å². The van der Waals surface area contributed by atoms with Gasteiger partial charge >= 0.3 is 0 Å². The second-order valence-corrected chi connectivity index (χ2v) is 6.50. The molecule has 102 valence electrons. The first-order chi connectivity index (χ1) is 8.36. The summed E-state index contributed by atoms with van der Waals surface area (Å²) in [6.45, 7) is 6.18. The fraction of sp³-hybridized carbons (Fsp3) is 0.538. The molecular formula is C13H19ClO3S. The zero-order chi connectivity index (χ0) is 13.8. The molecule has 1 rings (SSSR count). The Morgan fingerprint density at radius 1 is 1.39 bits per heavy atom. The van der Waals surface area contributed by atoms with Crippen molar-refractivity contribution < 1.29 is 12.6 Å². The standard InChI is InChI=1S/C13H19ClO3S/c1-4-10(2)7-8-17-18(15,16)13-6-5-11(3)9-12(13)14/h5-6,9-10H,4,7-8H2,1-3H3. The lowest BCUT2D eigenvalue weighted by Gasteiger charge is -2.10. The second-order valence-electron chi connectivity index (χ2n) is 4.51. The summed E-state index contributed by atoms with van der Waals surface area (Å²) in [4.78, 5) is 0.0407. The van der Waals surface area contributed by atoms with Crippen molar-refractivity contribution in [1.82, 2.24) is 0 Å². The van der Waals surface area contributed by atoms with Crippen molar-refractivity contribution in [2.45, 2.75) is 38.5 Å². The minimum Gasteiger partial charge on any atom is -0.266 e. The van der Waals surface area contributed by atoms with Crippen LogP contribution in [0.3, 0.4) is 0 Å². The van der Waals surface area contributed by atoms with Gasteiger partial charge < -0.3 is 0 Å². The van der Waals surface area contributed by atoms with Gasteiger partial charge in [0.2, 0.25) is 0 Å². The monoisotopic (exact) mass is 290 g/mol. The van der Waals surface area contributed by atoms with Crippen LogP contribution >= 0.6 is 11.6 Å². The van der Waals surface area contributed by atoms with Crippen LogP contribution in [0.4, 0.5) is 0 Å². The summed E-state index contributed by atoms with van der Waals surface area (Å²) in [5.74, 6) is 0.452. The largest absolute Gasteiger partial charge is 0.298 e. The van der Waals surface area contributed by atoms with Gasteiger partial charge in [0.15, 0.2) is 0 Å². The van der Waals surface area contributed by atoms with Crippen LogP contribution in [0.1, 0.15) is 32.3 Å². The van der Waals surface area contributed by atoms with Gasteiger partial charge in [-0.2, -0.15) is 8.42 Å². The first-order valence-corrected chi connectivity index (χ1v) is 7.81. The molecule has 0 aliphatic carbocycles. The number of benzene rings is 1. The van der Waals surface area contributed by atoms with E-state index in [0.717, 1.165) is 18.4 Å². The maximum atomic E-state index is 11.9. The molecule has 0 saturated heterocycles. The van der Waals surface area contributed by atoms with Crippen LogP contribution < -0.4 is 0 Å². The summed E-state index contributed by atoms with van der Waals surface area (Å²) >= 11 is 5.92. The molecule has 3 nitrogen and oxygen atoms in total. The van der Waals surface area contributed by atoms with E-state index in [-0.39, 0.29) is 16.5 Å². The normalized spacial score (nSPS) is 13.6. The topological polar surface area (TPSA) is 43.4 Å². The Morgan fingerprint density at radius 2 is 2.06 bits per heavy atom. The first-order valence-electron chi connectivity index (χ1n) is 6.02. The first kappa shape index (κ1) is 15.5. The second kappa shape index (κ2) is 6.55. The van der Waals surface area contributed by atoms with Crippen LogP contribution in [-0.4, -0.2) is 15.0 Å². The van der Waals surface area contributed by atoms with Crippen LogP contribution in [0.25, 0.3) is 0 Å². The van der Waals surface area contributed by atoms with Crippen molar-refractivity contribution in [3.05, 3.63) is 28.8 Å². The van der Waals surface area contributed by atoms with Crippen molar-refractivity contribution in [3.63, 3.8) is 0 Å². The zero-order valence-corrected chi connectivity index (χ0v) is 12.5. The molecule has 5 heteroatoms. The average Bonchev–Trinajstić information content (AvgIpc) is 2.27. The highest BCUT2D eigenvalue weighted by atomic mass is 35.5. The Balaban J connectivity index is 2.74. The summed E-state index contributed by atoms with van der Waals surface area (Å²) in [7, 11) is -3.74. The van der Waals surface area contributed by atoms with Crippen LogP contribution in [-0.2, 0) is 14.3 Å². The number of halogens is 1. The highest BCUT2D eigenvalue weighted by molar-refractivity contribution is 7.86. The highest BCUT2D eigenvalue weighted by Crippen LogP contribution is 2.24. The number of rotatable bonds is 6. The molecule has 18 heavy (non-hydrogen) atoms. The van der Waals surface area contributed by atoms with Crippen molar-refractivity contribution in [1.29, 1.82) is 0 Å². The maximum Gasteiger partial charge on any atom is 0.298 e. The molecule has 0 spiro atoms. The predicted molar refractivity (Wildman–Crippen MR) is 73.4 cm³/mol. The quantitative estimate of drug-likeness (QED) is 0.749.